The number of hydrogen-bond acceptors (Lipinski definition) is 12. The molecule has 48 heavy (non-hydrogen) atoms. The topological polar surface area (TPSA) is 182 Å². The lowest BCUT2D eigenvalue weighted by Crippen LogP contribution is -2.66. The zero-order valence-corrected chi connectivity index (χ0v) is 30.1. The minimum absolute atomic E-state index is 0.354. The first-order valence-electron chi connectivity index (χ1n) is 17.1. The molecule has 14 heteroatoms. The van der Waals surface area contributed by atoms with Crippen LogP contribution < -0.4 is 10.6 Å². The van der Waals surface area contributed by atoms with E-state index in [1.807, 2.05) is 0 Å². The van der Waals surface area contributed by atoms with Gasteiger partial charge in [0.25, 0.3) is 5.91 Å². The van der Waals surface area contributed by atoms with E-state index >= 15 is 0 Å². The third kappa shape index (κ3) is 18.2. The first kappa shape index (κ1) is 42.6. The van der Waals surface area contributed by atoms with Crippen molar-refractivity contribution in [2.75, 3.05) is 6.61 Å². The molecule has 14 nitrogen and oxygen atoms in total. The highest BCUT2D eigenvalue weighted by Crippen LogP contribution is 2.30. The summed E-state index contributed by atoms with van der Waals surface area (Å²) in [4.78, 5) is 74.5. The standard InChI is InChI=1S/C34H58N2O12/c1-9-10-11-12-13-14-15-16-17-18-19-20-27(36-33(42)48-34(6,7)8)35-32(41)31-30(46-25(5)40)29(45-24(4)39)28(44-23(3)38)26(47-31)21-43-22(2)37/h26-31H,9-21H2,1-8H3,(H,35,41)(H,36,42)/t26-,27-,28+,29+,30-,31+/m1/s1. The second-order valence-electron chi connectivity index (χ2n) is 13.2. The molecule has 0 aromatic heterocycles. The number of nitrogens with one attached hydrogen (secondary N) is 2. The molecule has 1 heterocycles. The molecule has 0 spiro atoms. The van der Waals surface area contributed by atoms with Crippen LogP contribution in [0.3, 0.4) is 0 Å². The van der Waals surface area contributed by atoms with Crippen LogP contribution in [0.1, 0.15) is 132 Å². The molecule has 0 bridgehead atoms. The lowest BCUT2D eigenvalue weighted by atomic mass is 9.93. The molecule has 6 atom stereocenters. The van der Waals surface area contributed by atoms with Crippen molar-refractivity contribution in [3.8, 4) is 0 Å². The Morgan fingerprint density at radius 1 is 0.646 bits per heavy atom. The van der Waals surface area contributed by atoms with Crippen molar-refractivity contribution in [1.29, 1.82) is 0 Å². The van der Waals surface area contributed by atoms with Crippen LogP contribution in [-0.4, -0.2) is 84.8 Å². The molecule has 1 aliphatic heterocycles. The average molecular weight is 687 g/mol. The maximum atomic E-state index is 13.8. The van der Waals surface area contributed by atoms with Crippen LogP contribution in [0.4, 0.5) is 4.79 Å². The predicted octanol–water partition coefficient (Wildman–Crippen LogP) is 4.78. The average Bonchev–Trinajstić information content (AvgIpc) is 2.95. The van der Waals surface area contributed by atoms with E-state index in [9.17, 15) is 28.8 Å². The second-order valence-corrected chi connectivity index (χ2v) is 13.2. The number of carbonyl (C=O) groups excluding carboxylic acids is 6. The zero-order chi connectivity index (χ0) is 36.3. The maximum absolute atomic E-state index is 13.8. The summed E-state index contributed by atoms with van der Waals surface area (Å²) < 4.78 is 32.6. The van der Waals surface area contributed by atoms with Crippen molar-refractivity contribution in [1.82, 2.24) is 10.6 Å². The van der Waals surface area contributed by atoms with E-state index in [-0.39, 0.29) is 0 Å². The summed E-state index contributed by atoms with van der Waals surface area (Å²) in [5.74, 6) is -3.94. The van der Waals surface area contributed by atoms with Gasteiger partial charge in [-0.3, -0.25) is 24.0 Å². The third-order valence-corrected chi connectivity index (χ3v) is 7.35. The quantitative estimate of drug-likeness (QED) is 0.0775. The summed E-state index contributed by atoms with van der Waals surface area (Å²) in [5.41, 5.74) is -0.797. The van der Waals surface area contributed by atoms with E-state index in [0.29, 0.717) is 12.8 Å². The summed E-state index contributed by atoms with van der Waals surface area (Å²) in [6.07, 6.45) is 3.65. The molecular formula is C34H58N2O12. The zero-order valence-electron chi connectivity index (χ0n) is 30.1. The lowest BCUT2D eigenvalue weighted by molar-refractivity contribution is -0.249. The molecular weight excluding hydrogens is 628 g/mol. The molecule has 1 aliphatic rings. The minimum atomic E-state index is -1.62. The van der Waals surface area contributed by atoms with E-state index < -0.39 is 84.8 Å². The van der Waals surface area contributed by atoms with Gasteiger partial charge in [-0.2, -0.15) is 0 Å². The van der Waals surface area contributed by atoms with Gasteiger partial charge in [-0.1, -0.05) is 71.1 Å². The molecule has 0 aromatic carbocycles. The number of rotatable bonds is 20. The number of amides is 2. The Morgan fingerprint density at radius 2 is 1.12 bits per heavy atom. The number of ether oxygens (including phenoxy) is 6. The number of carbonyl (C=O) groups is 6. The Balaban J connectivity index is 3.14. The second kappa shape index (κ2) is 22.3. The minimum Gasteiger partial charge on any atom is -0.463 e. The van der Waals surface area contributed by atoms with Crippen molar-refractivity contribution in [2.45, 2.75) is 175 Å². The summed E-state index contributed by atoms with van der Waals surface area (Å²) in [5, 5.41) is 5.42. The number of esters is 4. The van der Waals surface area contributed by atoms with Gasteiger partial charge in [0.15, 0.2) is 24.4 Å². The largest absolute Gasteiger partial charge is 0.463 e. The van der Waals surface area contributed by atoms with Gasteiger partial charge in [-0.25, -0.2) is 4.79 Å². The Bertz CT molecular complexity index is 1040. The van der Waals surface area contributed by atoms with E-state index in [0.717, 1.165) is 53.4 Å². The highest BCUT2D eigenvalue weighted by Gasteiger charge is 2.54. The number of hydrogen-bond donors (Lipinski definition) is 2. The van der Waals surface area contributed by atoms with E-state index in [4.69, 9.17) is 28.4 Å². The van der Waals surface area contributed by atoms with Crippen molar-refractivity contribution < 1.29 is 57.2 Å². The normalized spacial score (nSPS) is 21.3. The summed E-state index contributed by atoms with van der Waals surface area (Å²) >= 11 is 0. The highest BCUT2D eigenvalue weighted by molar-refractivity contribution is 5.83. The van der Waals surface area contributed by atoms with Gasteiger partial charge in [0.1, 0.15) is 24.5 Å². The van der Waals surface area contributed by atoms with Crippen molar-refractivity contribution in [2.24, 2.45) is 0 Å². The Morgan fingerprint density at radius 3 is 1.60 bits per heavy atom. The fourth-order valence-corrected chi connectivity index (χ4v) is 5.34. The Kier molecular flexibility index (Phi) is 19.8. The molecule has 0 unspecified atom stereocenters. The van der Waals surface area contributed by atoms with Crippen molar-refractivity contribution >= 4 is 35.9 Å². The first-order valence-corrected chi connectivity index (χ1v) is 17.1. The highest BCUT2D eigenvalue weighted by atomic mass is 16.7. The monoisotopic (exact) mass is 686 g/mol. The van der Waals surface area contributed by atoms with E-state index in [1.165, 1.54) is 38.5 Å². The fraction of sp³-hybridized carbons (Fsp3) is 0.824. The molecule has 1 saturated heterocycles. The maximum Gasteiger partial charge on any atom is 0.409 e. The number of alkyl carbamates (subject to hydrolysis) is 1. The predicted molar refractivity (Wildman–Crippen MR) is 174 cm³/mol. The van der Waals surface area contributed by atoms with Crippen LogP contribution in [0.15, 0.2) is 0 Å². The van der Waals surface area contributed by atoms with E-state index in [1.54, 1.807) is 20.8 Å². The molecule has 0 aromatic rings. The van der Waals surface area contributed by atoms with Gasteiger partial charge in [0, 0.05) is 27.7 Å². The van der Waals surface area contributed by atoms with Crippen LogP contribution in [-0.2, 0) is 52.4 Å². The van der Waals surface area contributed by atoms with Crippen LogP contribution in [0.2, 0.25) is 0 Å². The van der Waals surface area contributed by atoms with Gasteiger partial charge in [-0.15, -0.1) is 0 Å². The van der Waals surface area contributed by atoms with Crippen LogP contribution in [0.25, 0.3) is 0 Å². The molecule has 0 radical (unpaired) electrons. The van der Waals surface area contributed by atoms with Crippen molar-refractivity contribution in [3.63, 3.8) is 0 Å². The summed E-state index contributed by atoms with van der Waals surface area (Å²) in [6.45, 7) is 11.3. The molecule has 2 amide bonds. The lowest BCUT2D eigenvalue weighted by Gasteiger charge is -2.44. The first-order chi connectivity index (χ1) is 22.5. The third-order valence-electron chi connectivity index (χ3n) is 7.35. The van der Waals surface area contributed by atoms with Gasteiger partial charge in [0.05, 0.1) is 0 Å². The van der Waals surface area contributed by atoms with Gasteiger partial charge in [-0.05, 0) is 33.6 Å². The SMILES string of the molecule is CCCCCCCCCCCCC[C@@H](NC(=O)OC(C)(C)C)NC(=O)[C@H]1O[C@H](COC(C)=O)[C@H](OC(C)=O)[C@H](OC(C)=O)[C@H]1OC(C)=O. The van der Waals surface area contributed by atoms with Gasteiger partial charge in [0.2, 0.25) is 0 Å². The van der Waals surface area contributed by atoms with Crippen molar-refractivity contribution in [3.05, 3.63) is 0 Å². The van der Waals surface area contributed by atoms with Gasteiger partial charge >= 0.3 is 30.0 Å². The molecule has 1 rings (SSSR count). The smallest absolute Gasteiger partial charge is 0.409 e. The summed E-state index contributed by atoms with van der Waals surface area (Å²) in [7, 11) is 0. The molecule has 0 saturated carbocycles. The van der Waals surface area contributed by atoms with Crippen LogP contribution in [0, 0.1) is 0 Å². The molecule has 1 fully saturated rings. The molecule has 276 valence electrons. The van der Waals surface area contributed by atoms with Gasteiger partial charge < -0.3 is 39.1 Å². The number of unbranched alkanes of at least 4 members (excludes halogenated alkanes) is 10. The van der Waals surface area contributed by atoms with E-state index in [2.05, 4.69) is 17.6 Å². The summed E-state index contributed by atoms with van der Waals surface area (Å²) in [6, 6.07) is 0. The Labute approximate surface area is 285 Å². The Hall–Kier alpha value is -3.42. The van der Waals surface area contributed by atoms with Crippen LogP contribution >= 0.6 is 0 Å². The molecule has 2 N–H and O–H groups in total. The molecule has 0 aliphatic carbocycles. The van der Waals surface area contributed by atoms with Crippen LogP contribution in [0.5, 0.6) is 0 Å². The fourth-order valence-electron chi connectivity index (χ4n) is 5.34.